The van der Waals surface area contributed by atoms with Crippen molar-refractivity contribution in [3.63, 3.8) is 0 Å². The first-order valence-corrected chi connectivity index (χ1v) is 6.83. The maximum atomic E-state index is 13.0. The average Bonchev–Trinajstić information content (AvgIpc) is 2.81. The second-order valence-electron chi connectivity index (χ2n) is 4.67. The largest absolute Gasteiger partial charge is 0.307 e. The number of nitrogens with zero attached hydrogens (tertiary/aromatic N) is 3. The normalized spacial score (nSPS) is 11.2. The first-order valence-electron chi connectivity index (χ1n) is 6.30. The molecule has 0 radical (unpaired) electrons. The van der Waals surface area contributed by atoms with Crippen molar-refractivity contribution >= 4 is 22.8 Å². The highest BCUT2D eigenvalue weighted by atomic mass is 35.5. The van der Waals surface area contributed by atoms with E-state index in [1.54, 1.807) is 18.3 Å². The Morgan fingerprint density at radius 1 is 1.20 bits per heavy atom. The van der Waals surface area contributed by atoms with Crippen LogP contribution in [-0.2, 0) is 12.4 Å². The third kappa shape index (κ3) is 2.27. The molecule has 102 valence electrons. The molecule has 0 atom stereocenters. The SMILES string of the molecule is Cc1ccnc2c1nc(CCl)n2Cc1ccc(F)cc1. The van der Waals surface area contributed by atoms with Crippen LogP contribution in [-0.4, -0.2) is 14.5 Å². The quantitative estimate of drug-likeness (QED) is 0.689. The molecule has 3 nitrogen and oxygen atoms in total. The molecule has 20 heavy (non-hydrogen) atoms. The molecule has 5 heteroatoms. The number of aryl methyl sites for hydroxylation is 1. The van der Waals surface area contributed by atoms with Crippen LogP contribution in [0.4, 0.5) is 4.39 Å². The van der Waals surface area contributed by atoms with E-state index in [2.05, 4.69) is 9.97 Å². The van der Waals surface area contributed by atoms with Gasteiger partial charge in [-0.3, -0.25) is 0 Å². The van der Waals surface area contributed by atoms with Crippen LogP contribution in [0.3, 0.4) is 0 Å². The average molecular weight is 290 g/mol. The summed E-state index contributed by atoms with van der Waals surface area (Å²) < 4.78 is 14.9. The Balaban J connectivity index is 2.10. The molecule has 0 amide bonds. The minimum Gasteiger partial charge on any atom is -0.307 e. The van der Waals surface area contributed by atoms with Gasteiger partial charge in [0.1, 0.15) is 17.2 Å². The summed E-state index contributed by atoms with van der Waals surface area (Å²) >= 11 is 5.98. The molecular weight excluding hydrogens is 277 g/mol. The number of rotatable bonds is 3. The highest BCUT2D eigenvalue weighted by Gasteiger charge is 2.12. The molecule has 1 aromatic carbocycles. The number of halogens is 2. The molecule has 0 saturated carbocycles. The van der Waals surface area contributed by atoms with Crippen LogP contribution in [0.1, 0.15) is 17.0 Å². The first-order chi connectivity index (χ1) is 9.69. The van der Waals surface area contributed by atoms with E-state index < -0.39 is 0 Å². The zero-order chi connectivity index (χ0) is 14.1. The monoisotopic (exact) mass is 289 g/mol. The Labute approximate surface area is 121 Å². The lowest BCUT2D eigenvalue weighted by molar-refractivity contribution is 0.626. The molecular formula is C15H13ClFN3. The molecule has 2 aromatic heterocycles. The van der Waals surface area contributed by atoms with E-state index in [1.165, 1.54) is 12.1 Å². The fourth-order valence-corrected chi connectivity index (χ4v) is 2.43. The van der Waals surface area contributed by atoms with Crippen LogP contribution in [0.25, 0.3) is 11.2 Å². The lowest BCUT2D eigenvalue weighted by Gasteiger charge is -2.07. The van der Waals surface area contributed by atoms with Crippen LogP contribution in [0.5, 0.6) is 0 Å². The van der Waals surface area contributed by atoms with Crippen molar-refractivity contribution in [3.05, 3.63) is 59.3 Å². The highest BCUT2D eigenvalue weighted by Crippen LogP contribution is 2.20. The van der Waals surface area contributed by atoms with Gasteiger partial charge in [-0.2, -0.15) is 0 Å². The summed E-state index contributed by atoms with van der Waals surface area (Å²) in [6, 6.07) is 8.35. The van der Waals surface area contributed by atoms with Crippen molar-refractivity contribution in [2.75, 3.05) is 0 Å². The number of hydrogen-bond donors (Lipinski definition) is 0. The van der Waals surface area contributed by atoms with Crippen molar-refractivity contribution < 1.29 is 4.39 Å². The molecule has 0 spiro atoms. The number of pyridine rings is 1. The van der Waals surface area contributed by atoms with Crippen LogP contribution in [0.15, 0.2) is 36.5 Å². The van der Waals surface area contributed by atoms with Gasteiger partial charge in [0, 0.05) is 6.20 Å². The first kappa shape index (κ1) is 13.1. The molecule has 2 heterocycles. The van der Waals surface area contributed by atoms with Crippen molar-refractivity contribution in [3.8, 4) is 0 Å². The number of fused-ring (bicyclic) bond motifs is 1. The van der Waals surface area contributed by atoms with Gasteiger partial charge in [-0.05, 0) is 36.2 Å². The summed E-state index contributed by atoms with van der Waals surface area (Å²) in [7, 11) is 0. The summed E-state index contributed by atoms with van der Waals surface area (Å²) in [4.78, 5) is 8.93. The Morgan fingerprint density at radius 2 is 1.95 bits per heavy atom. The molecule has 0 N–H and O–H groups in total. The van der Waals surface area contributed by atoms with E-state index in [1.807, 2.05) is 17.6 Å². The maximum Gasteiger partial charge on any atom is 0.160 e. The van der Waals surface area contributed by atoms with E-state index >= 15 is 0 Å². The van der Waals surface area contributed by atoms with Crippen molar-refractivity contribution in [1.29, 1.82) is 0 Å². The predicted octanol–water partition coefficient (Wildman–Crippen LogP) is 3.67. The maximum absolute atomic E-state index is 13.0. The fraction of sp³-hybridized carbons (Fsp3) is 0.200. The van der Waals surface area contributed by atoms with E-state index in [-0.39, 0.29) is 5.82 Å². The summed E-state index contributed by atoms with van der Waals surface area (Å²) in [5.74, 6) is 0.848. The molecule has 3 aromatic rings. The summed E-state index contributed by atoms with van der Waals surface area (Å²) in [6.45, 7) is 2.58. The third-order valence-corrected chi connectivity index (χ3v) is 3.53. The molecule has 0 fully saturated rings. The van der Waals surface area contributed by atoms with Gasteiger partial charge in [0.15, 0.2) is 5.65 Å². The molecule has 0 aliphatic heterocycles. The molecule has 0 aliphatic rings. The van der Waals surface area contributed by atoms with E-state index in [4.69, 9.17) is 11.6 Å². The zero-order valence-electron chi connectivity index (χ0n) is 11.0. The van der Waals surface area contributed by atoms with Gasteiger partial charge < -0.3 is 4.57 Å². The van der Waals surface area contributed by atoms with Crippen molar-refractivity contribution in [1.82, 2.24) is 14.5 Å². The summed E-state index contributed by atoms with van der Waals surface area (Å²) in [6.07, 6.45) is 1.76. The summed E-state index contributed by atoms with van der Waals surface area (Å²) in [5, 5.41) is 0. The van der Waals surface area contributed by atoms with E-state index in [9.17, 15) is 4.39 Å². The Morgan fingerprint density at radius 3 is 2.65 bits per heavy atom. The van der Waals surface area contributed by atoms with Gasteiger partial charge in [-0.25, -0.2) is 14.4 Å². The molecule has 0 unspecified atom stereocenters. The molecule has 0 bridgehead atoms. The number of imidazole rings is 1. The van der Waals surface area contributed by atoms with Gasteiger partial charge in [-0.1, -0.05) is 12.1 Å². The van der Waals surface area contributed by atoms with E-state index in [0.29, 0.717) is 12.4 Å². The molecule has 0 saturated heterocycles. The minimum absolute atomic E-state index is 0.240. The highest BCUT2D eigenvalue weighted by molar-refractivity contribution is 6.16. The zero-order valence-corrected chi connectivity index (χ0v) is 11.7. The third-order valence-electron chi connectivity index (χ3n) is 3.29. The van der Waals surface area contributed by atoms with Gasteiger partial charge in [0.05, 0.1) is 12.4 Å². The fourth-order valence-electron chi connectivity index (χ4n) is 2.22. The predicted molar refractivity (Wildman–Crippen MR) is 77.3 cm³/mol. The van der Waals surface area contributed by atoms with Gasteiger partial charge in [-0.15, -0.1) is 11.6 Å². The summed E-state index contributed by atoms with van der Waals surface area (Å²) in [5.41, 5.74) is 3.73. The minimum atomic E-state index is -0.240. The lowest BCUT2D eigenvalue weighted by Crippen LogP contribution is -2.04. The standard InChI is InChI=1S/C15H13ClFN3/c1-10-6-7-18-15-14(10)19-13(8-16)20(15)9-11-2-4-12(17)5-3-11/h2-7H,8-9H2,1H3. The van der Waals surface area contributed by atoms with Gasteiger partial charge >= 0.3 is 0 Å². The second-order valence-corrected chi connectivity index (χ2v) is 4.94. The van der Waals surface area contributed by atoms with Crippen LogP contribution in [0, 0.1) is 12.7 Å². The number of alkyl halides is 1. The second kappa shape index (κ2) is 5.21. The Bertz CT molecular complexity index is 750. The van der Waals surface area contributed by atoms with Crippen molar-refractivity contribution in [2.24, 2.45) is 0 Å². The number of aromatic nitrogens is 3. The van der Waals surface area contributed by atoms with Crippen LogP contribution >= 0.6 is 11.6 Å². The Kier molecular flexibility index (Phi) is 3.40. The number of benzene rings is 1. The number of hydrogen-bond acceptors (Lipinski definition) is 2. The Hall–Kier alpha value is -1.94. The molecule has 3 rings (SSSR count). The van der Waals surface area contributed by atoms with Crippen LogP contribution < -0.4 is 0 Å². The van der Waals surface area contributed by atoms with Gasteiger partial charge in [0.25, 0.3) is 0 Å². The lowest BCUT2D eigenvalue weighted by atomic mass is 10.2. The van der Waals surface area contributed by atoms with Crippen molar-refractivity contribution in [2.45, 2.75) is 19.3 Å². The smallest absolute Gasteiger partial charge is 0.160 e. The van der Waals surface area contributed by atoms with E-state index in [0.717, 1.165) is 28.1 Å². The topological polar surface area (TPSA) is 30.7 Å². The molecule has 0 aliphatic carbocycles. The van der Waals surface area contributed by atoms with Crippen LogP contribution in [0.2, 0.25) is 0 Å². The van der Waals surface area contributed by atoms with Gasteiger partial charge in [0.2, 0.25) is 0 Å².